The first-order valence-corrected chi connectivity index (χ1v) is 6.91. The Morgan fingerprint density at radius 1 is 1.11 bits per heavy atom. The Morgan fingerprint density at radius 3 is 2.44 bits per heavy atom. The summed E-state index contributed by atoms with van der Waals surface area (Å²) in [5.41, 5.74) is 6.54. The first-order valence-electron chi connectivity index (χ1n) is 5.55. The maximum Gasteiger partial charge on any atom is 0.128 e. The second kappa shape index (κ2) is 6.23. The van der Waals surface area contributed by atoms with Gasteiger partial charge in [0.15, 0.2) is 0 Å². The molecule has 0 radical (unpaired) electrons. The van der Waals surface area contributed by atoms with Crippen molar-refractivity contribution in [2.75, 3.05) is 5.75 Å². The number of halogens is 2. The van der Waals surface area contributed by atoms with Crippen molar-refractivity contribution in [2.45, 2.75) is 10.9 Å². The maximum atomic E-state index is 13.5. The molecule has 0 aliphatic rings. The van der Waals surface area contributed by atoms with Crippen LogP contribution in [-0.4, -0.2) is 5.75 Å². The summed E-state index contributed by atoms with van der Waals surface area (Å²) in [5.74, 6) is 0.379. The monoisotopic (exact) mass is 281 g/mol. The summed E-state index contributed by atoms with van der Waals surface area (Å²) in [7, 11) is 0. The number of hydrogen-bond acceptors (Lipinski definition) is 2. The predicted octanol–water partition coefficient (Wildman–Crippen LogP) is 4.27. The molecule has 2 aromatic carbocycles. The molecule has 0 saturated heterocycles. The minimum absolute atomic E-state index is 0.248. The molecule has 18 heavy (non-hydrogen) atoms. The van der Waals surface area contributed by atoms with Crippen LogP contribution in [0.15, 0.2) is 53.4 Å². The Balaban J connectivity index is 1.98. The summed E-state index contributed by atoms with van der Waals surface area (Å²) in [6.45, 7) is 0. The van der Waals surface area contributed by atoms with Crippen LogP contribution in [0.1, 0.15) is 11.6 Å². The van der Waals surface area contributed by atoms with Crippen molar-refractivity contribution in [1.29, 1.82) is 0 Å². The topological polar surface area (TPSA) is 26.0 Å². The van der Waals surface area contributed by atoms with Gasteiger partial charge in [0.05, 0.1) is 0 Å². The fraction of sp³-hybridized carbons (Fsp3) is 0.143. The average Bonchev–Trinajstić information content (AvgIpc) is 2.38. The van der Waals surface area contributed by atoms with Gasteiger partial charge in [-0.25, -0.2) is 4.39 Å². The molecule has 0 saturated carbocycles. The van der Waals surface area contributed by atoms with Crippen molar-refractivity contribution in [3.63, 3.8) is 0 Å². The van der Waals surface area contributed by atoms with Crippen LogP contribution in [-0.2, 0) is 0 Å². The molecule has 0 amide bonds. The molecule has 0 aliphatic heterocycles. The lowest BCUT2D eigenvalue weighted by Gasteiger charge is -2.12. The van der Waals surface area contributed by atoms with Crippen LogP contribution in [0.2, 0.25) is 5.02 Å². The van der Waals surface area contributed by atoms with Crippen LogP contribution in [0.4, 0.5) is 4.39 Å². The molecule has 0 aromatic heterocycles. The van der Waals surface area contributed by atoms with E-state index in [1.807, 2.05) is 24.3 Å². The summed E-state index contributed by atoms with van der Waals surface area (Å²) in [4.78, 5) is 1.08. The zero-order valence-electron chi connectivity index (χ0n) is 9.64. The summed E-state index contributed by atoms with van der Waals surface area (Å²) in [5, 5.41) is 0.706. The van der Waals surface area contributed by atoms with Crippen molar-refractivity contribution in [1.82, 2.24) is 0 Å². The van der Waals surface area contributed by atoms with Crippen LogP contribution in [0.25, 0.3) is 0 Å². The Morgan fingerprint density at radius 2 is 1.78 bits per heavy atom. The lowest BCUT2D eigenvalue weighted by atomic mass is 10.1. The highest BCUT2D eigenvalue weighted by Crippen LogP contribution is 2.25. The van der Waals surface area contributed by atoms with Gasteiger partial charge >= 0.3 is 0 Å². The van der Waals surface area contributed by atoms with E-state index in [0.717, 1.165) is 4.90 Å². The van der Waals surface area contributed by atoms with Crippen molar-refractivity contribution >= 4 is 23.4 Å². The Labute approximate surface area is 115 Å². The van der Waals surface area contributed by atoms with Gasteiger partial charge < -0.3 is 5.73 Å². The minimum Gasteiger partial charge on any atom is -0.323 e. The second-order valence-electron chi connectivity index (χ2n) is 3.89. The van der Waals surface area contributed by atoms with E-state index in [1.165, 1.54) is 6.07 Å². The van der Waals surface area contributed by atoms with Crippen molar-refractivity contribution in [3.05, 3.63) is 64.9 Å². The molecule has 2 rings (SSSR count). The molecule has 4 heteroatoms. The minimum atomic E-state index is -0.313. The Hall–Kier alpha value is -1.03. The lowest BCUT2D eigenvalue weighted by Crippen LogP contribution is -2.14. The highest BCUT2D eigenvalue weighted by molar-refractivity contribution is 7.99. The molecule has 0 aliphatic carbocycles. The molecule has 1 nitrogen and oxygen atoms in total. The number of thioether (sulfide) groups is 1. The van der Waals surface area contributed by atoms with Gasteiger partial charge in [0, 0.05) is 27.3 Å². The summed E-state index contributed by atoms with van der Waals surface area (Å²) in [6.07, 6.45) is 0. The average molecular weight is 282 g/mol. The number of hydrogen-bond donors (Lipinski definition) is 1. The van der Waals surface area contributed by atoms with E-state index in [2.05, 4.69) is 0 Å². The highest BCUT2D eigenvalue weighted by Gasteiger charge is 2.10. The molecular formula is C14H13ClFNS. The van der Waals surface area contributed by atoms with Crippen LogP contribution in [0, 0.1) is 5.82 Å². The van der Waals surface area contributed by atoms with E-state index in [4.69, 9.17) is 17.3 Å². The number of rotatable bonds is 4. The van der Waals surface area contributed by atoms with Crippen molar-refractivity contribution in [2.24, 2.45) is 5.73 Å². The zero-order valence-corrected chi connectivity index (χ0v) is 11.2. The van der Waals surface area contributed by atoms with Gasteiger partial charge in [-0.05, 0) is 30.3 Å². The third kappa shape index (κ3) is 3.48. The molecule has 2 N–H and O–H groups in total. The highest BCUT2D eigenvalue weighted by atomic mass is 35.5. The number of benzene rings is 2. The van der Waals surface area contributed by atoms with Crippen molar-refractivity contribution in [3.8, 4) is 0 Å². The molecule has 0 spiro atoms. The normalized spacial score (nSPS) is 12.4. The fourth-order valence-electron chi connectivity index (χ4n) is 1.58. The van der Waals surface area contributed by atoms with E-state index < -0.39 is 0 Å². The second-order valence-corrected chi connectivity index (χ2v) is 5.42. The van der Waals surface area contributed by atoms with Crippen LogP contribution in [0.3, 0.4) is 0 Å². The van der Waals surface area contributed by atoms with Gasteiger partial charge in [-0.15, -0.1) is 11.8 Å². The Kier molecular flexibility index (Phi) is 4.64. The maximum absolute atomic E-state index is 13.5. The van der Waals surface area contributed by atoms with Gasteiger partial charge in [-0.3, -0.25) is 0 Å². The molecular weight excluding hydrogens is 269 g/mol. The molecule has 0 fully saturated rings. The molecule has 1 unspecified atom stereocenters. The fourth-order valence-corrected chi connectivity index (χ4v) is 2.59. The summed E-state index contributed by atoms with van der Waals surface area (Å²) >= 11 is 7.40. The van der Waals surface area contributed by atoms with Gasteiger partial charge in [0.25, 0.3) is 0 Å². The van der Waals surface area contributed by atoms with Crippen LogP contribution >= 0.6 is 23.4 Å². The lowest BCUT2D eigenvalue weighted by molar-refractivity contribution is 0.595. The van der Waals surface area contributed by atoms with Crippen molar-refractivity contribution < 1.29 is 4.39 Å². The van der Waals surface area contributed by atoms with Crippen LogP contribution < -0.4 is 5.73 Å². The van der Waals surface area contributed by atoms with Gasteiger partial charge in [0.1, 0.15) is 5.82 Å². The largest absolute Gasteiger partial charge is 0.323 e. The third-order valence-electron chi connectivity index (χ3n) is 2.55. The number of nitrogens with two attached hydrogens (primary N) is 1. The first-order chi connectivity index (χ1) is 8.66. The first kappa shape index (κ1) is 13.4. The van der Waals surface area contributed by atoms with E-state index >= 15 is 0 Å². The van der Waals surface area contributed by atoms with E-state index in [0.29, 0.717) is 16.3 Å². The quantitative estimate of drug-likeness (QED) is 0.847. The van der Waals surface area contributed by atoms with E-state index in [-0.39, 0.29) is 11.9 Å². The van der Waals surface area contributed by atoms with Crippen LogP contribution in [0.5, 0.6) is 0 Å². The predicted molar refractivity (Wildman–Crippen MR) is 75.5 cm³/mol. The van der Waals surface area contributed by atoms with Gasteiger partial charge in [-0.2, -0.15) is 0 Å². The molecule has 0 bridgehead atoms. The molecule has 1 atom stereocenters. The Bertz CT molecular complexity index is 515. The smallest absolute Gasteiger partial charge is 0.128 e. The zero-order chi connectivity index (χ0) is 13.0. The van der Waals surface area contributed by atoms with Gasteiger partial charge in [-0.1, -0.05) is 29.8 Å². The summed E-state index contributed by atoms with van der Waals surface area (Å²) < 4.78 is 13.5. The van der Waals surface area contributed by atoms with E-state index in [9.17, 15) is 4.39 Å². The molecule has 0 heterocycles. The van der Waals surface area contributed by atoms with Gasteiger partial charge in [0.2, 0.25) is 0 Å². The third-order valence-corrected chi connectivity index (χ3v) is 3.93. The standard InChI is InChI=1S/C14H13ClFNS/c15-10-5-7-11(8-6-10)18-9-14(17)12-3-1-2-4-13(12)16/h1-8,14H,9,17H2. The SMILES string of the molecule is NC(CSc1ccc(Cl)cc1)c1ccccc1F. The molecule has 2 aromatic rings. The molecule has 94 valence electrons. The summed E-state index contributed by atoms with van der Waals surface area (Å²) in [6, 6.07) is 13.8. The van der Waals surface area contributed by atoms with E-state index in [1.54, 1.807) is 30.0 Å².